The van der Waals surface area contributed by atoms with Crippen LogP contribution in [0.5, 0.6) is 0 Å². The van der Waals surface area contributed by atoms with Gasteiger partial charge in [-0.25, -0.2) is 13.6 Å². The van der Waals surface area contributed by atoms with Crippen molar-refractivity contribution in [3.8, 4) is 0 Å². The molecule has 0 spiro atoms. The fourth-order valence-electron chi connectivity index (χ4n) is 1.84. The fraction of sp³-hybridized carbons (Fsp3) is 0.133. The van der Waals surface area contributed by atoms with Crippen LogP contribution in [-0.4, -0.2) is 15.3 Å². The topological polar surface area (TPSA) is 54.4 Å². The monoisotopic (exact) mass is 310 g/mol. The van der Waals surface area contributed by atoms with Gasteiger partial charge in [-0.1, -0.05) is 12.1 Å². The molecule has 0 radical (unpaired) electrons. The van der Waals surface area contributed by atoms with E-state index in [9.17, 15) is 17.8 Å². The fourth-order valence-corrected chi connectivity index (χ4v) is 2.96. The van der Waals surface area contributed by atoms with Crippen molar-refractivity contribution in [2.75, 3.05) is 0 Å². The normalized spacial score (nSPS) is 12.1. The second-order valence-electron chi connectivity index (χ2n) is 4.52. The maximum atomic E-state index is 13.1. The molecule has 0 amide bonds. The summed E-state index contributed by atoms with van der Waals surface area (Å²) in [6.45, 7) is 1.64. The molecule has 21 heavy (non-hydrogen) atoms. The maximum absolute atomic E-state index is 13.1. The first-order valence-electron chi connectivity index (χ1n) is 6.04. The number of benzene rings is 2. The molecule has 2 aromatic carbocycles. The molecule has 0 fully saturated rings. The molecule has 0 aliphatic heterocycles. The van der Waals surface area contributed by atoms with Gasteiger partial charge < -0.3 is 5.11 Å². The molecule has 2 rings (SSSR count). The van der Waals surface area contributed by atoms with Gasteiger partial charge in [-0.3, -0.25) is 4.21 Å². The summed E-state index contributed by atoms with van der Waals surface area (Å²) < 4.78 is 38.1. The van der Waals surface area contributed by atoms with Crippen LogP contribution in [0, 0.1) is 18.6 Å². The van der Waals surface area contributed by atoms with Gasteiger partial charge in [-0.15, -0.1) is 0 Å². The molecule has 110 valence electrons. The van der Waals surface area contributed by atoms with E-state index in [1.807, 2.05) is 0 Å². The average molecular weight is 310 g/mol. The third kappa shape index (κ3) is 3.52. The van der Waals surface area contributed by atoms with Gasteiger partial charge in [0.1, 0.15) is 0 Å². The van der Waals surface area contributed by atoms with E-state index in [4.69, 9.17) is 5.11 Å². The first-order valence-corrected chi connectivity index (χ1v) is 7.36. The second kappa shape index (κ2) is 6.13. The van der Waals surface area contributed by atoms with Crippen LogP contribution in [0.25, 0.3) is 0 Å². The highest BCUT2D eigenvalue weighted by atomic mass is 32.2. The number of hydrogen-bond acceptors (Lipinski definition) is 2. The minimum Gasteiger partial charge on any atom is -0.478 e. The molecule has 0 saturated heterocycles. The van der Waals surface area contributed by atoms with Crippen LogP contribution < -0.4 is 0 Å². The van der Waals surface area contributed by atoms with E-state index in [1.54, 1.807) is 19.1 Å². The molecule has 1 atom stereocenters. The van der Waals surface area contributed by atoms with Crippen LogP contribution in [0.2, 0.25) is 0 Å². The third-order valence-electron chi connectivity index (χ3n) is 2.98. The molecule has 0 saturated carbocycles. The summed E-state index contributed by atoms with van der Waals surface area (Å²) in [5.41, 5.74) is 1.02. The van der Waals surface area contributed by atoms with Gasteiger partial charge in [0.2, 0.25) is 0 Å². The predicted octanol–water partition coefficient (Wildman–Crippen LogP) is 3.28. The summed E-state index contributed by atoms with van der Waals surface area (Å²) in [6.07, 6.45) is 0. The highest BCUT2D eigenvalue weighted by Crippen LogP contribution is 2.18. The Bertz CT molecular complexity index is 729. The Labute approximate surface area is 122 Å². The number of hydrogen-bond donors (Lipinski definition) is 1. The minimum atomic E-state index is -1.54. The van der Waals surface area contributed by atoms with Crippen molar-refractivity contribution in [1.82, 2.24) is 0 Å². The van der Waals surface area contributed by atoms with Crippen molar-refractivity contribution in [3.63, 3.8) is 0 Å². The SMILES string of the molecule is Cc1ccc(S(=O)Cc2ccc(F)c(F)c2)cc1C(=O)O. The zero-order valence-electron chi connectivity index (χ0n) is 11.1. The number of carbonyl (C=O) groups is 1. The number of carboxylic acid groups (broad SMARTS) is 1. The van der Waals surface area contributed by atoms with Gasteiger partial charge in [-0.2, -0.15) is 0 Å². The number of carboxylic acids is 1. The highest BCUT2D eigenvalue weighted by Gasteiger charge is 2.12. The second-order valence-corrected chi connectivity index (χ2v) is 5.97. The van der Waals surface area contributed by atoms with E-state index in [0.29, 0.717) is 16.0 Å². The summed E-state index contributed by atoms with van der Waals surface area (Å²) in [7, 11) is -1.54. The van der Waals surface area contributed by atoms with Crippen molar-refractivity contribution in [1.29, 1.82) is 0 Å². The summed E-state index contributed by atoms with van der Waals surface area (Å²) in [6, 6.07) is 7.79. The van der Waals surface area contributed by atoms with E-state index >= 15 is 0 Å². The van der Waals surface area contributed by atoms with Crippen LogP contribution in [-0.2, 0) is 16.6 Å². The average Bonchev–Trinajstić information content (AvgIpc) is 2.43. The highest BCUT2D eigenvalue weighted by molar-refractivity contribution is 7.84. The molecule has 3 nitrogen and oxygen atoms in total. The summed E-state index contributed by atoms with van der Waals surface area (Å²) in [4.78, 5) is 11.4. The number of aryl methyl sites for hydroxylation is 1. The first kappa shape index (κ1) is 15.3. The van der Waals surface area contributed by atoms with Crippen LogP contribution >= 0.6 is 0 Å². The van der Waals surface area contributed by atoms with E-state index < -0.39 is 28.4 Å². The van der Waals surface area contributed by atoms with Crippen LogP contribution in [0.3, 0.4) is 0 Å². The molecule has 0 heterocycles. The largest absolute Gasteiger partial charge is 0.478 e. The molecule has 2 aromatic rings. The van der Waals surface area contributed by atoms with Crippen molar-refractivity contribution < 1.29 is 22.9 Å². The van der Waals surface area contributed by atoms with E-state index in [-0.39, 0.29) is 11.3 Å². The molecule has 0 aliphatic carbocycles. The van der Waals surface area contributed by atoms with Gasteiger partial charge in [0, 0.05) is 4.90 Å². The van der Waals surface area contributed by atoms with Gasteiger partial charge in [0.25, 0.3) is 0 Å². The van der Waals surface area contributed by atoms with E-state index in [2.05, 4.69) is 0 Å². The van der Waals surface area contributed by atoms with Crippen LogP contribution in [0.4, 0.5) is 8.78 Å². The Balaban J connectivity index is 2.26. The predicted molar refractivity (Wildman–Crippen MR) is 74.6 cm³/mol. The third-order valence-corrected chi connectivity index (χ3v) is 4.36. The number of halogens is 2. The lowest BCUT2D eigenvalue weighted by atomic mass is 10.1. The van der Waals surface area contributed by atoms with E-state index in [1.165, 1.54) is 12.1 Å². The minimum absolute atomic E-state index is 0.0146. The van der Waals surface area contributed by atoms with Gasteiger partial charge in [0.15, 0.2) is 11.6 Å². The summed E-state index contributed by atoms with van der Waals surface area (Å²) in [5, 5.41) is 9.04. The maximum Gasteiger partial charge on any atom is 0.335 e. The quantitative estimate of drug-likeness (QED) is 0.943. The molecular weight excluding hydrogens is 298 g/mol. The zero-order chi connectivity index (χ0) is 15.6. The smallest absolute Gasteiger partial charge is 0.335 e. The Morgan fingerprint density at radius 3 is 2.48 bits per heavy atom. The van der Waals surface area contributed by atoms with Crippen molar-refractivity contribution >= 4 is 16.8 Å². The lowest BCUT2D eigenvalue weighted by Gasteiger charge is -2.06. The van der Waals surface area contributed by atoms with Crippen molar-refractivity contribution in [2.45, 2.75) is 17.6 Å². The number of aromatic carboxylic acids is 1. The Morgan fingerprint density at radius 2 is 1.86 bits per heavy atom. The molecule has 0 aromatic heterocycles. The van der Waals surface area contributed by atoms with Gasteiger partial charge in [-0.05, 0) is 42.3 Å². The van der Waals surface area contributed by atoms with Crippen molar-refractivity contribution in [3.05, 3.63) is 64.7 Å². The van der Waals surface area contributed by atoms with Crippen LogP contribution in [0.1, 0.15) is 21.5 Å². The molecular formula is C15H12F2O3S. The molecule has 0 bridgehead atoms. The first-order chi connectivity index (χ1) is 9.88. The number of rotatable bonds is 4. The van der Waals surface area contributed by atoms with Crippen LogP contribution in [0.15, 0.2) is 41.3 Å². The van der Waals surface area contributed by atoms with Gasteiger partial charge in [0.05, 0.1) is 22.1 Å². The molecule has 1 N–H and O–H groups in total. The lowest BCUT2D eigenvalue weighted by molar-refractivity contribution is 0.0696. The molecule has 0 aliphatic rings. The Kier molecular flexibility index (Phi) is 4.47. The standard InChI is InChI=1S/C15H12F2O3S/c1-9-2-4-11(7-12(9)15(18)19)21(20)8-10-3-5-13(16)14(17)6-10/h2-7H,8H2,1H3,(H,18,19). The molecule has 1 unspecified atom stereocenters. The van der Waals surface area contributed by atoms with E-state index in [0.717, 1.165) is 12.1 Å². The lowest BCUT2D eigenvalue weighted by Crippen LogP contribution is -2.03. The molecule has 6 heteroatoms. The van der Waals surface area contributed by atoms with Crippen molar-refractivity contribution in [2.24, 2.45) is 0 Å². The Hall–Kier alpha value is -2.08. The Morgan fingerprint density at radius 1 is 1.14 bits per heavy atom. The zero-order valence-corrected chi connectivity index (χ0v) is 11.9. The summed E-state index contributed by atoms with van der Waals surface area (Å²) >= 11 is 0. The van der Waals surface area contributed by atoms with Gasteiger partial charge >= 0.3 is 5.97 Å². The summed E-state index contributed by atoms with van der Waals surface area (Å²) in [5.74, 6) is -3.08.